The Hall–Kier alpha value is -1.19. The van der Waals surface area contributed by atoms with Gasteiger partial charge >= 0.3 is 0 Å². The molecule has 0 saturated carbocycles. The first-order valence-corrected chi connectivity index (χ1v) is 4.69. The van der Waals surface area contributed by atoms with E-state index in [0.717, 1.165) is 18.9 Å². The maximum Gasteiger partial charge on any atom is 0.174 e. The third-order valence-electron chi connectivity index (χ3n) is 2.65. The van der Waals surface area contributed by atoms with Crippen LogP contribution in [0.15, 0.2) is 0 Å². The van der Waals surface area contributed by atoms with Gasteiger partial charge < -0.3 is 10.2 Å². The van der Waals surface area contributed by atoms with Gasteiger partial charge in [0.1, 0.15) is 5.69 Å². The van der Waals surface area contributed by atoms with Crippen LogP contribution in [0.2, 0.25) is 0 Å². The monoisotopic (exact) mass is 180 g/mol. The molecule has 4 heteroatoms. The van der Waals surface area contributed by atoms with Crippen molar-refractivity contribution in [2.24, 2.45) is 7.05 Å². The van der Waals surface area contributed by atoms with Crippen molar-refractivity contribution in [1.82, 2.24) is 9.78 Å². The molecule has 2 rings (SSSR count). The Morgan fingerprint density at radius 2 is 2.15 bits per heavy atom. The van der Waals surface area contributed by atoms with Crippen molar-refractivity contribution in [2.75, 3.05) is 30.4 Å². The summed E-state index contributed by atoms with van der Waals surface area (Å²) in [6, 6.07) is 0. The number of aromatic nitrogens is 2. The molecule has 0 amide bonds. The summed E-state index contributed by atoms with van der Waals surface area (Å²) in [6.45, 7) is 4.22. The molecule has 1 aromatic heterocycles. The van der Waals surface area contributed by atoms with Crippen LogP contribution in [0, 0.1) is 6.92 Å². The predicted octanol–water partition coefficient (Wildman–Crippen LogP) is 0.980. The number of nitrogens with one attached hydrogen (secondary N) is 1. The zero-order valence-electron chi connectivity index (χ0n) is 8.46. The number of nitrogens with zero attached hydrogens (tertiary/aromatic N) is 3. The normalized spacial score (nSPS) is 16.4. The lowest BCUT2D eigenvalue weighted by molar-refractivity contribution is 0.721. The van der Waals surface area contributed by atoms with Crippen LogP contribution in [0.5, 0.6) is 0 Å². The molecule has 0 bridgehead atoms. The number of hydrogen-bond acceptors (Lipinski definition) is 3. The van der Waals surface area contributed by atoms with Gasteiger partial charge in [-0.2, -0.15) is 5.10 Å². The molecule has 2 heterocycles. The molecule has 1 aliphatic rings. The topological polar surface area (TPSA) is 33.1 Å². The molecule has 1 N–H and O–H groups in total. The van der Waals surface area contributed by atoms with Crippen LogP contribution in [-0.2, 0) is 7.05 Å². The lowest BCUT2D eigenvalue weighted by Crippen LogP contribution is -2.18. The molecule has 0 aromatic carbocycles. The minimum atomic E-state index is 1.05. The van der Waals surface area contributed by atoms with Gasteiger partial charge in [0, 0.05) is 27.2 Å². The van der Waals surface area contributed by atoms with Crippen molar-refractivity contribution < 1.29 is 0 Å². The van der Waals surface area contributed by atoms with Crippen molar-refractivity contribution >= 4 is 11.5 Å². The predicted molar refractivity (Wildman–Crippen MR) is 54.3 cm³/mol. The number of aryl methyl sites for hydroxylation is 1. The molecular formula is C9H16N4. The zero-order valence-corrected chi connectivity index (χ0v) is 8.46. The lowest BCUT2D eigenvalue weighted by atomic mass is 10.3. The quantitative estimate of drug-likeness (QED) is 0.646. The second-order valence-corrected chi connectivity index (χ2v) is 3.61. The molecule has 0 radical (unpaired) electrons. The van der Waals surface area contributed by atoms with Gasteiger partial charge in [0.05, 0.1) is 5.69 Å². The van der Waals surface area contributed by atoms with E-state index in [1.54, 1.807) is 0 Å². The van der Waals surface area contributed by atoms with Gasteiger partial charge in [-0.05, 0) is 13.3 Å². The van der Waals surface area contributed by atoms with Crippen LogP contribution < -0.4 is 10.2 Å². The Kier molecular flexibility index (Phi) is 1.90. The van der Waals surface area contributed by atoms with Gasteiger partial charge in [-0.15, -0.1) is 0 Å². The molecule has 1 aliphatic heterocycles. The molecule has 0 fully saturated rings. The average Bonchev–Trinajstić information content (AvgIpc) is 2.30. The van der Waals surface area contributed by atoms with Gasteiger partial charge in [-0.25, -0.2) is 0 Å². The Balaban J connectivity index is 2.47. The molecule has 0 spiro atoms. The van der Waals surface area contributed by atoms with Crippen LogP contribution >= 0.6 is 0 Å². The zero-order chi connectivity index (χ0) is 9.42. The van der Waals surface area contributed by atoms with Gasteiger partial charge in [0.15, 0.2) is 5.82 Å². The van der Waals surface area contributed by atoms with E-state index in [4.69, 9.17) is 0 Å². The van der Waals surface area contributed by atoms with Crippen molar-refractivity contribution in [2.45, 2.75) is 13.3 Å². The highest BCUT2D eigenvalue weighted by molar-refractivity contribution is 5.69. The van der Waals surface area contributed by atoms with E-state index in [0.29, 0.717) is 0 Å². The number of fused-ring (bicyclic) bond motifs is 1. The van der Waals surface area contributed by atoms with E-state index in [2.05, 4.69) is 29.3 Å². The number of anilines is 2. The Labute approximate surface area is 78.5 Å². The third kappa shape index (κ3) is 1.26. The third-order valence-corrected chi connectivity index (χ3v) is 2.65. The maximum atomic E-state index is 4.47. The molecule has 0 aliphatic carbocycles. The highest BCUT2D eigenvalue weighted by Crippen LogP contribution is 2.28. The average molecular weight is 180 g/mol. The molecule has 13 heavy (non-hydrogen) atoms. The number of rotatable bonds is 0. The minimum Gasteiger partial charge on any atom is -0.380 e. The van der Waals surface area contributed by atoms with Crippen LogP contribution in [0.25, 0.3) is 0 Å². The Bertz CT molecular complexity index is 316. The largest absolute Gasteiger partial charge is 0.380 e. The Morgan fingerprint density at radius 3 is 2.92 bits per heavy atom. The summed E-state index contributed by atoms with van der Waals surface area (Å²) in [4.78, 5) is 2.21. The second kappa shape index (κ2) is 2.94. The molecule has 0 atom stereocenters. The molecule has 72 valence electrons. The van der Waals surface area contributed by atoms with E-state index < -0.39 is 0 Å². The van der Waals surface area contributed by atoms with Crippen LogP contribution in [0.4, 0.5) is 11.5 Å². The molecule has 0 saturated heterocycles. The summed E-state index contributed by atoms with van der Waals surface area (Å²) < 4.78 is 1.93. The van der Waals surface area contributed by atoms with Crippen LogP contribution in [0.1, 0.15) is 12.1 Å². The van der Waals surface area contributed by atoms with Gasteiger partial charge in [-0.1, -0.05) is 0 Å². The second-order valence-electron chi connectivity index (χ2n) is 3.61. The van der Waals surface area contributed by atoms with Crippen molar-refractivity contribution in [1.29, 1.82) is 0 Å². The summed E-state index contributed by atoms with van der Waals surface area (Å²) in [7, 11) is 4.08. The summed E-state index contributed by atoms with van der Waals surface area (Å²) >= 11 is 0. The lowest BCUT2D eigenvalue weighted by Gasteiger charge is -2.13. The van der Waals surface area contributed by atoms with E-state index in [1.807, 2.05) is 11.7 Å². The summed E-state index contributed by atoms with van der Waals surface area (Å²) in [5.41, 5.74) is 2.41. The van der Waals surface area contributed by atoms with Crippen molar-refractivity contribution in [3.8, 4) is 0 Å². The molecule has 1 aromatic rings. The van der Waals surface area contributed by atoms with Crippen molar-refractivity contribution in [3.63, 3.8) is 0 Å². The van der Waals surface area contributed by atoms with E-state index >= 15 is 0 Å². The first-order valence-electron chi connectivity index (χ1n) is 4.69. The highest BCUT2D eigenvalue weighted by Gasteiger charge is 2.18. The summed E-state index contributed by atoms with van der Waals surface area (Å²) in [5.74, 6) is 1.08. The van der Waals surface area contributed by atoms with E-state index in [9.17, 15) is 0 Å². The van der Waals surface area contributed by atoms with Gasteiger partial charge in [0.2, 0.25) is 0 Å². The van der Waals surface area contributed by atoms with Crippen LogP contribution in [0.3, 0.4) is 0 Å². The standard InChI is InChI=1S/C9H16N4/c1-7-8-9(11-13(7)3)12(2)6-4-5-10-8/h10H,4-6H2,1-3H3. The van der Waals surface area contributed by atoms with Crippen molar-refractivity contribution in [3.05, 3.63) is 5.69 Å². The van der Waals surface area contributed by atoms with E-state index in [-0.39, 0.29) is 0 Å². The fourth-order valence-corrected chi connectivity index (χ4v) is 1.70. The first kappa shape index (κ1) is 8.41. The SMILES string of the molecule is Cc1c2c(nn1C)N(C)CCCN2. The Morgan fingerprint density at radius 1 is 1.38 bits per heavy atom. The fraction of sp³-hybridized carbons (Fsp3) is 0.667. The van der Waals surface area contributed by atoms with Gasteiger partial charge in [-0.3, -0.25) is 4.68 Å². The molecule has 4 nitrogen and oxygen atoms in total. The highest BCUT2D eigenvalue weighted by atomic mass is 15.4. The molecular weight excluding hydrogens is 164 g/mol. The van der Waals surface area contributed by atoms with E-state index in [1.165, 1.54) is 17.8 Å². The smallest absolute Gasteiger partial charge is 0.174 e. The number of hydrogen-bond donors (Lipinski definition) is 1. The minimum absolute atomic E-state index is 1.05. The van der Waals surface area contributed by atoms with Crippen LogP contribution in [-0.4, -0.2) is 29.9 Å². The fourth-order valence-electron chi connectivity index (χ4n) is 1.70. The maximum absolute atomic E-state index is 4.47. The molecule has 0 unspecified atom stereocenters. The summed E-state index contributed by atoms with van der Waals surface area (Å²) in [5, 5.41) is 7.89. The van der Waals surface area contributed by atoms with Gasteiger partial charge in [0.25, 0.3) is 0 Å². The summed E-state index contributed by atoms with van der Waals surface area (Å²) in [6.07, 6.45) is 1.18. The first-order chi connectivity index (χ1) is 6.20.